The predicted octanol–water partition coefficient (Wildman–Crippen LogP) is 5.86. The van der Waals surface area contributed by atoms with Gasteiger partial charge in [-0.15, -0.1) is 0 Å². The second-order valence-electron chi connectivity index (χ2n) is 12.6. The number of nitrogens with zero attached hydrogens (tertiary/aromatic N) is 2. The van der Waals surface area contributed by atoms with Gasteiger partial charge in [0.1, 0.15) is 18.2 Å². The summed E-state index contributed by atoms with van der Waals surface area (Å²) in [5.74, 6) is -1.78. The molecule has 1 aromatic heterocycles. The van der Waals surface area contributed by atoms with Crippen LogP contribution in [-0.4, -0.2) is 58.5 Å². The molecular weight excluding hydrogens is 572 g/mol. The Balaban J connectivity index is 1.41. The highest BCUT2D eigenvalue weighted by atomic mass is 16.6. The average molecular weight is 617 g/mol. The molecule has 10 heteroatoms. The highest BCUT2D eigenvalue weighted by Crippen LogP contribution is 2.25. The van der Waals surface area contributed by atoms with Crippen molar-refractivity contribution in [2.45, 2.75) is 78.0 Å². The van der Waals surface area contributed by atoms with Gasteiger partial charge in [0.05, 0.1) is 23.8 Å². The molecule has 45 heavy (non-hydrogen) atoms. The number of nitrogens with one attached hydrogen (secondary N) is 2. The van der Waals surface area contributed by atoms with Crippen LogP contribution in [0.25, 0.3) is 10.9 Å². The van der Waals surface area contributed by atoms with Crippen molar-refractivity contribution in [3.05, 3.63) is 72.4 Å². The van der Waals surface area contributed by atoms with Crippen molar-refractivity contribution in [2.75, 3.05) is 18.4 Å². The number of hydrogen-bond acceptors (Lipinski definition) is 7. The predicted molar refractivity (Wildman–Crippen MR) is 172 cm³/mol. The van der Waals surface area contributed by atoms with Gasteiger partial charge >= 0.3 is 12.1 Å². The number of pyridine rings is 1. The molecule has 2 unspecified atom stereocenters. The van der Waals surface area contributed by atoms with Crippen LogP contribution >= 0.6 is 0 Å². The average Bonchev–Trinajstić information content (AvgIpc) is 3.02. The molecule has 3 amide bonds. The van der Waals surface area contributed by atoms with Gasteiger partial charge in [0.25, 0.3) is 0 Å². The SMILES string of the molecule is CCC(CC(=O)OCc1ccccc1)C(=O)NC(CC1CCN(C(=O)OC(C)(C)C)CC1)C(=O)Nc1cnc2ccccc2c1. The van der Waals surface area contributed by atoms with Gasteiger partial charge in [-0.1, -0.05) is 55.5 Å². The summed E-state index contributed by atoms with van der Waals surface area (Å²) in [6.07, 6.45) is 3.28. The zero-order valence-electron chi connectivity index (χ0n) is 26.6. The van der Waals surface area contributed by atoms with Crippen molar-refractivity contribution < 1.29 is 28.7 Å². The monoisotopic (exact) mass is 616 g/mol. The molecule has 3 aromatic rings. The van der Waals surface area contributed by atoms with Crippen LogP contribution in [0.3, 0.4) is 0 Å². The minimum absolute atomic E-state index is 0.0883. The van der Waals surface area contributed by atoms with Crippen LogP contribution < -0.4 is 10.6 Å². The normalized spacial score (nSPS) is 15.2. The lowest BCUT2D eigenvalue weighted by Crippen LogP contribution is -2.48. The summed E-state index contributed by atoms with van der Waals surface area (Å²) in [4.78, 5) is 58.4. The molecule has 1 saturated heterocycles. The fourth-order valence-electron chi connectivity index (χ4n) is 5.32. The Morgan fingerprint density at radius 3 is 2.36 bits per heavy atom. The van der Waals surface area contributed by atoms with E-state index in [9.17, 15) is 19.2 Å². The third-order valence-electron chi connectivity index (χ3n) is 7.85. The number of amides is 3. The Morgan fingerprint density at radius 2 is 1.67 bits per heavy atom. The van der Waals surface area contributed by atoms with Crippen LogP contribution in [0.5, 0.6) is 0 Å². The van der Waals surface area contributed by atoms with Crippen LogP contribution in [0.15, 0.2) is 66.9 Å². The van der Waals surface area contributed by atoms with Crippen LogP contribution in [-0.2, 0) is 30.5 Å². The van der Waals surface area contributed by atoms with Crippen molar-refractivity contribution in [3.63, 3.8) is 0 Å². The van der Waals surface area contributed by atoms with Gasteiger partial charge in [-0.05, 0) is 70.1 Å². The Morgan fingerprint density at radius 1 is 0.978 bits per heavy atom. The smallest absolute Gasteiger partial charge is 0.410 e. The molecule has 2 N–H and O–H groups in total. The summed E-state index contributed by atoms with van der Waals surface area (Å²) in [6.45, 7) is 8.47. The topological polar surface area (TPSA) is 127 Å². The first-order valence-corrected chi connectivity index (χ1v) is 15.6. The minimum atomic E-state index is -0.851. The molecule has 0 radical (unpaired) electrons. The van der Waals surface area contributed by atoms with E-state index in [0.717, 1.165) is 16.5 Å². The molecule has 4 rings (SSSR count). The lowest BCUT2D eigenvalue weighted by Gasteiger charge is -2.34. The number of carbonyl (C=O) groups is 4. The van der Waals surface area contributed by atoms with E-state index >= 15 is 0 Å². The lowest BCUT2D eigenvalue weighted by atomic mass is 9.89. The Kier molecular flexibility index (Phi) is 11.5. The van der Waals surface area contributed by atoms with E-state index in [1.165, 1.54) is 0 Å². The summed E-state index contributed by atoms with van der Waals surface area (Å²) in [5, 5.41) is 6.74. The maximum Gasteiger partial charge on any atom is 0.410 e. The maximum atomic E-state index is 13.6. The number of esters is 1. The van der Waals surface area contributed by atoms with Crippen molar-refractivity contribution in [2.24, 2.45) is 11.8 Å². The van der Waals surface area contributed by atoms with E-state index in [2.05, 4.69) is 15.6 Å². The van der Waals surface area contributed by atoms with Gasteiger partial charge in [-0.3, -0.25) is 19.4 Å². The van der Waals surface area contributed by atoms with Crippen molar-refractivity contribution >= 4 is 40.5 Å². The first-order chi connectivity index (χ1) is 21.5. The highest BCUT2D eigenvalue weighted by Gasteiger charge is 2.32. The van der Waals surface area contributed by atoms with E-state index in [1.54, 1.807) is 11.1 Å². The number of fused-ring (bicyclic) bond motifs is 1. The number of anilines is 1. The quantitative estimate of drug-likeness (QED) is 0.259. The first kappa shape index (κ1) is 33.4. The summed E-state index contributed by atoms with van der Waals surface area (Å²) in [6, 6.07) is 17.9. The molecule has 240 valence electrons. The van der Waals surface area contributed by atoms with Crippen molar-refractivity contribution in [1.29, 1.82) is 0 Å². The zero-order chi connectivity index (χ0) is 32.4. The number of benzene rings is 2. The summed E-state index contributed by atoms with van der Waals surface area (Å²) >= 11 is 0. The largest absolute Gasteiger partial charge is 0.461 e. The second-order valence-corrected chi connectivity index (χ2v) is 12.6. The van der Waals surface area contributed by atoms with Gasteiger partial charge in [0, 0.05) is 24.4 Å². The number of rotatable bonds is 11. The molecule has 0 bridgehead atoms. The number of piperidine rings is 1. The molecule has 1 aliphatic rings. The first-order valence-electron chi connectivity index (χ1n) is 15.6. The zero-order valence-corrected chi connectivity index (χ0v) is 26.6. The van der Waals surface area contributed by atoms with E-state index in [-0.39, 0.29) is 36.9 Å². The van der Waals surface area contributed by atoms with E-state index in [4.69, 9.17) is 9.47 Å². The molecular formula is C35H44N4O6. The summed E-state index contributed by atoms with van der Waals surface area (Å²) in [7, 11) is 0. The molecule has 0 saturated carbocycles. The number of hydrogen-bond donors (Lipinski definition) is 2. The molecule has 0 aliphatic carbocycles. The molecule has 1 fully saturated rings. The van der Waals surface area contributed by atoms with Gasteiger partial charge in [-0.25, -0.2) is 4.79 Å². The third kappa shape index (κ3) is 10.3. The van der Waals surface area contributed by atoms with Crippen LogP contribution in [0.1, 0.15) is 65.4 Å². The highest BCUT2D eigenvalue weighted by molar-refractivity contribution is 5.98. The van der Waals surface area contributed by atoms with Crippen LogP contribution in [0.4, 0.5) is 10.5 Å². The van der Waals surface area contributed by atoms with Crippen LogP contribution in [0, 0.1) is 11.8 Å². The Labute approximate surface area is 264 Å². The molecule has 1 aliphatic heterocycles. The molecule has 2 aromatic carbocycles. The van der Waals surface area contributed by atoms with Gasteiger partial charge in [0.15, 0.2) is 0 Å². The number of likely N-dealkylation sites (tertiary alicyclic amines) is 1. The summed E-state index contributed by atoms with van der Waals surface area (Å²) < 4.78 is 10.9. The Bertz CT molecular complexity index is 1460. The number of para-hydroxylation sites is 1. The minimum Gasteiger partial charge on any atom is -0.461 e. The number of ether oxygens (including phenoxy) is 2. The Hall–Kier alpha value is -4.47. The number of aromatic nitrogens is 1. The lowest BCUT2D eigenvalue weighted by molar-refractivity contribution is -0.148. The van der Waals surface area contributed by atoms with E-state index in [1.807, 2.05) is 88.4 Å². The van der Waals surface area contributed by atoms with Crippen LogP contribution in [0.2, 0.25) is 0 Å². The standard InChI is InChI=1S/C35H44N4O6/c1-5-26(21-31(40)44-23-25-11-7-6-8-12-25)32(41)38-30(19-24-15-17-39(18-16-24)34(43)45-35(2,3)4)33(42)37-28-20-27-13-9-10-14-29(27)36-22-28/h6-14,20,22,24,26,30H,5,15-19,21,23H2,1-4H3,(H,37,42)(H,38,41). The molecule has 2 atom stereocenters. The van der Waals surface area contributed by atoms with Gasteiger partial charge in [0.2, 0.25) is 11.8 Å². The second kappa shape index (κ2) is 15.5. The number of carbonyl (C=O) groups excluding carboxylic acids is 4. The van der Waals surface area contributed by atoms with Crippen molar-refractivity contribution in [3.8, 4) is 0 Å². The molecule has 0 spiro atoms. The van der Waals surface area contributed by atoms with E-state index < -0.39 is 23.5 Å². The molecule has 2 heterocycles. The fourth-order valence-corrected chi connectivity index (χ4v) is 5.32. The summed E-state index contributed by atoms with van der Waals surface area (Å²) in [5.41, 5.74) is 1.61. The van der Waals surface area contributed by atoms with Gasteiger partial charge in [-0.2, -0.15) is 0 Å². The molecule has 10 nitrogen and oxygen atoms in total. The van der Waals surface area contributed by atoms with Gasteiger partial charge < -0.3 is 25.0 Å². The maximum absolute atomic E-state index is 13.6. The van der Waals surface area contributed by atoms with E-state index in [0.29, 0.717) is 44.5 Å². The third-order valence-corrected chi connectivity index (χ3v) is 7.85. The fraction of sp³-hybridized carbons (Fsp3) is 0.457. The van der Waals surface area contributed by atoms with Crippen molar-refractivity contribution in [1.82, 2.24) is 15.2 Å².